The maximum Gasteiger partial charge on any atom is 0.137 e. The molecule has 78 valence electrons. The smallest absolute Gasteiger partial charge is 0.137 e. The first-order valence-electron chi connectivity index (χ1n) is 5.52. The Hall–Kier alpha value is -0.630. The summed E-state index contributed by atoms with van der Waals surface area (Å²) in [4.78, 5) is 14.0. The Morgan fingerprint density at radius 1 is 1.36 bits per heavy atom. The van der Waals surface area contributed by atoms with Crippen molar-refractivity contribution in [3.8, 4) is 0 Å². The van der Waals surface area contributed by atoms with Crippen LogP contribution in [0, 0.1) is 17.8 Å². The topological polar surface area (TPSA) is 20.3 Å². The van der Waals surface area contributed by atoms with Crippen molar-refractivity contribution in [1.82, 2.24) is 4.90 Å². The third kappa shape index (κ3) is 1.90. The highest BCUT2D eigenvalue weighted by atomic mass is 16.1. The van der Waals surface area contributed by atoms with Crippen LogP contribution in [0.15, 0.2) is 12.2 Å². The molecule has 0 aliphatic heterocycles. The van der Waals surface area contributed by atoms with Crippen molar-refractivity contribution in [3.63, 3.8) is 0 Å². The van der Waals surface area contributed by atoms with Crippen LogP contribution in [0.3, 0.4) is 0 Å². The summed E-state index contributed by atoms with van der Waals surface area (Å²) < 4.78 is 0. The number of Topliss-reactive ketones (excluding diaryl/α,β-unsaturated/α-hetero) is 1. The Labute approximate surface area is 86.0 Å². The molecule has 0 spiro atoms. The fraction of sp³-hybridized carbons (Fsp3) is 0.750. The Balaban J connectivity index is 1.84. The molecule has 0 saturated heterocycles. The van der Waals surface area contributed by atoms with Gasteiger partial charge in [0.15, 0.2) is 0 Å². The van der Waals surface area contributed by atoms with E-state index in [-0.39, 0.29) is 0 Å². The van der Waals surface area contributed by atoms with Crippen LogP contribution in [-0.4, -0.2) is 31.3 Å². The second kappa shape index (κ2) is 3.85. The summed E-state index contributed by atoms with van der Waals surface area (Å²) in [6.45, 7) is 0.899. The number of carbonyl (C=O) groups excluding carboxylic acids is 1. The first kappa shape index (κ1) is 9.91. The van der Waals surface area contributed by atoms with E-state index in [1.54, 1.807) is 0 Å². The van der Waals surface area contributed by atoms with E-state index in [0.29, 0.717) is 23.5 Å². The Bertz CT molecular complexity index is 257. The van der Waals surface area contributed by atoms with Crippen molar-refractivity contribution >= 4 is 5.78 Å². The zero-order chi connectivity index (χ0) is 10.1. The summed E-state index contributed by atoms with van der Waals surface area (Å²) in [5.74, 6) is 2.13. The zero-order valence-electron chi connectivity index (χ0n) is 9.07. The normalized spacial score (nSPS) is 34.4. The molecule has 3 atom stereocenters. The third-order valence-electron chi connectivity index (χ3n) is 3.50. The fourth-order valence-corrected chi connectivity index (χ4v) is 2.67. The maximum atomic E-state index is 11.9. The molecule has 2 aliphatic rings. The number of rotatable bonds is 4. The summed E-state index contributed by atoms with van der Waals surface area (Å²) in [7, 11) is 4.04. The lowest BCUT2D eigenvalue weighted by Gasteiger charge is -2.17. The van der Waals surface area contributed by atoms with E-state index in [0.717, 1.165) is 19.4 Å². The second-order valence-electron chi connectivity index (χ2n) is 4.91. The molecule has 1 fully saturated rings. The molecule has 2 heteroatoms. The van der Waals surface area contributed by atoms with E-state index in [9.17, 15) is 4.79 Å². The van der Waals surface area contributed by atoms with Gasteiger partial charge in [0.25, 0.3) is 0 Å². The predicted molar refractivity (Wildman–Crippen MR) is 57.0 cm³/mol. The van der Waals surface area contributed by atoms with Crippen LogP contribution in [-0.2, 0) is 4.79 Å². The molecule has 0 aromatic rings. The number of allylic oxidation sites excluding steroid dienone is 2. The van der Waals surface area contributed by atoms with Crippen LogP contribution in [0.2, 0.25) is 0 Å². The van der Waals surface area contributed by atoms with Gasteiger partial charge in [-0.25, -0.2) is 0 Å². The SMILES string of the molecule is CN(C)CCC(=O)[C@@H]1C[C@H]2C=C[C@H]1C2. The molecule has 2 aliphatic carbocycles. The van der Waals surface area contributed by atoms with Gasteiger partial charge in [-0.15, -0.1) is 0 Å². The molecular formula is C12H19NO. The molecule has 0 radical (unpaired) electrons. The highest BCUT2D eigenvalue weighted by Crippen LogP contribution is 2.44. The molecule has 0 aromatic heterocycles. The predicted octanol–water partition coefficient (Wildman–Crippen LogP) is 1.72. The highest BCUT2D eigenvalue weighted by molar-refractivity contribution is 5.82. The maximum absolute atomic E-state index is 11.9. The van der Waals surface area contributed by atoms with Crippen molar-refractivity contribution in [1.29, 1.82) is 0 Å². The minimum absolute atomic E-state index is 0.352. The van der Waals surface area contributed by atoms with Gasteiger partial charge >= 0.3 is 0 Å². The summed E-state index contributed by atoms with van der Waals surface area (Å²) in [6.07, 6.45) is 7.63. The zero-order valence-corrected chi connectivity index (χ0v) is 9.07. The molecular weight excluding hydrogens is 174 g/mol. The second-order valence-corrected chi connectivity index (χ2v) is 4.91. The summed E-state index contributed by atoms with van der Waals surface area (Å²) in [5, 5.41) is 0. The van der Waals surface area contributed by atoms with E-state index >= 15 is 0 Å². The highest BCUT2D eigenvalue weighted by Gasteiger charge is 2.38. The Morgan fingerprint density at radius 2 is 2.14 bits per heavy atom. The first-order chi connectivity index (χ1) is 6.66. The van der Waals surface area contributed by atoms with Crippen LogP contribution in [0.25, 0.3) is 0 Å². The van der Waals surface area contributed by atoms with Crippen molar-refractivity contribution in [2.24, 2.45) is 17.8 Å². The molecule has 0 N–H and O–H groups in total. The van der Waals surface area contributed by atoms with Gasteiger partial charge < -0.3 is 4.90 Å². The van der Waals surface area contributed by atoms with Gasteiger partial charge in [-0.05, 0) is 38.8 Å². The number of hydrogen-bond acceptors (Lipinski definition) is 2. The van der Waals surface area contributed by atoms with Crippen molar-refractivity contribution in [3.05, 3.63) is 12.2 Å². The molecule has 0 aromatic carbocycles. The Kier molecular flexibility index (Phi) is 2.73. The lowest BCUT2D eigenvalue weighted by Crippen LogP contribution is -2.23. The monoisotopic (exact) mass is 193 g/mol. The number of carbonyl (C=O) groups is 1. The van der Waals surface area contributed by atoms with Gasteiger partial charge in [-0.1, -0.05) is 12.2 Å². The van der Waals surface area contributed by atoms with Crippen LogP contribution in [0.5, 0.6) is 0 Å². The standard InChI is InChI=1S/C12H19NO/c1-13(2)6-5-12(14)11-8-9-3-4-10(11)7-9/h3-4,9-11H,5-8H2,1-2H3/t9-,10-,11+/m0/s1. The lowest BCUT2D eigenvalue weighted by atomic mass is 9.88. The summed E-state index contributed by atoms with van der Waals surface area (Å²) in [5.41, 5.74) is 0. The lowest BCUT2D eigenvalue weighted by molar-refractivity contribution is -0.123. The van der Waals surface area contributed by atoms with E-state index in [1.807, 2.05) is 14.1 Å². The fourth-order valence-electron chi connectivity index (χ4n) is 2.67. The van der Waals surface area contributed by atoms with Crippen molar-refractivity contribution in [2.45, 2.75) is 19.3 Å². The third-order valence-corrected chi connectivity index (χ3v) is 3.50. The molecule has 0 unspecified atom stereocenters. The number of ketones is 1. The summed E-state index contributed by atoms with van der Waals surface area (Å²) >= 11 is 0. The van der Waals surface area contributed by atoms with Gasteiger partial charge in [0, 0.05) is 18.9 Å². The van der Waals surface area contributed by atoms with E-state index in [1.165, 1.54) is 6.42 Å². The molecule has 0 heterocycles. The van der Waals surface area contributed by atoms with Crippen LogP contribution in [0.4, 0.5) is 0 Å². The molecule has 2 nitrogen and oxygen atoms in total. The number of fused-ring (bicyclic) bond motifs is 2. The van der Waals surface area contributed by atoms with Crippen molar-refractivity contribution < 1.29 is 4.79 Å². The molecule has 14 heavy (non-hydrogen) atoms. The van der Waals surface area contributed by atoms with Gasteiger partial charge in [0.1, 0.15) is 5.78 Å². The molecule has 2 bridgehead atoms. The minimum Gasteiger partial charge on any atom is -0.309 e. The van der Waals surface area contributed by atoms with E-state index in [4.69, 9.17) is 0 Å². The quantitative estimate of drug-likeness (QED) is 0.634. The van der Waals surface area contributed by atoms with E-state index < -0.39 is 0 Å². The largest absolute Gasteiger partial charge is 0.309 e. The average Bonchev–Trinajstić information content (AvgIpc) is 2.74. The average molecular weight is 193 g/mol. The minimum atomic E-state index is 0.352. The van der Waals surface area contributed by atoms with Crippen molar-refractivity contribution in [2.75, 3.05) is 20.6 Å². The molecule has 1 saturated carbocycles. The van der Waals surface area contributed by atoms with Gasteiger partial charge in [0.05, 0.1) is 0 Å². The Morgan fingerprint density at radius 3 is 2.64 bits per heavy atom. The molecule has 2 rings (SSSR count). The van der Waals surface area contributed by atoms with Gasteiger partial charge in [-0.3, -0.25) is 4.79 Å². The number of hydrogen-bond donors (Lipinski definition) is 0. The number of nitrogens with zero attached hydrogens (tertiary/aromatic N) is 1. The molecule has 0 amide bonds. The van der Waals surface area contributed by atoms with Crippen LogP contribution < -0.4 is 0 Å². The summed E-state index contributed by atoms with van der Waals surface area (Å²) in [6, 6.07) is 0. The van der Waals surface area contributed by atoms with Gasteiger partial charge in [-0.2, -0.15) is 0 Å². The van der Waals surface area contributed by atoms with Crippen LogP contribution >= 0.6 is 0 Å². The first-order valence-corrected chi connectivity index (χ1v) is 5.52. The van der Waals surface area contributed by atoms with Gasteiger partial charge in [0.2, 0.25) is 0 Å². The van der Waals surface area contributed by atoms with E-state index in [2.05, 4.69) is 17.1 Å². The van der Waals surface area contributed by atoms with Crippen LogP contribution in [0.1, 0.15) is 19.3 Å².